The van der Waals surface area contributed by atoms with Gasteiger partial charge >= 0.3 is 6.03 Å². The minimum Gasteiger partial charge on any atom is -0.363 e. The van der Waals surface area contributed by atoms with Crippen LogP contribution in [0.5, 0.6) is 0 Å². The number of primary amides is 1. The molecule has 3 unspecified atom stereocenters. The fourth-order valence-electron chi connectivity index (χ4n) is 6.37. The summed E-state index contributed by atoms with van der Waals surface area (Å²) < 4.78 is 25.4. The number of carbonyl (C=O) groups is 5. The zero-order valence-electron chi connectivity index (χ0n) is 27.3. The van der Waals surface area contributed by atoms with Crippen LogP contribution in [0.3, 0.4) is 0 Å². The van der Waals surface area contributed by atoms with E-state index in [9.17, 15) is 32.4 Å². The number of nitrogens with one attached hydrogen (secondary N) is 3. The first-order valence-electron chi connectivity index (χ1n) is 16.0. The van der Waals surface area contributed by atoms with Gasteiger partial charge in [-0.3, -0.25) is 19.2 Å². The number of hydrogen-bond donors (Lipinski definition) is 4. The highest BCUT2D eigenvalue weighted by Crippen LogP contribution is 2.33. The standard InChI is InChI=1S/C31H53N5O7S/c1-29(2,3)24(34-28(41)35-31(15-8-7-9-16-31)19-44(42,43)30(4,5)6)27(40)36-17-11-14-22(36)26(39)33-21(23(37)25(32)38)18-20-12-10-13-20/h20-22,24H,7-19H2,1-6H3,(H2,32,38)(H,33,39)(H2,34,35,41). The maximum absolute atomic E-state index is 14.0. The predicted molar refractivity (Wildman–Crippen MR) is 167 cm³/mol. The molecule has 2 saturated carbocycles. The molecule has 0 spiro atoms. The molecule has 5 N–H and O–H groups in total. The first-order valence-corrected chi connectivity index (χ1v) is 17.7. The van der Waals surface area contributed by atoms with Crippen LogP contribution in [0.4, 0.5) is 4.79 Å². The molecular weight excluding hydrogens is 586 g/mol. The zero-order valence-corrected chi connectivity index (χ0v) is 28.1. The summed E-state index contributed by atoms with van der Waals surface area (Å²) in [6.45, 7) is 10.7. The average molecular weight is 640 g/mol. The van der Waals surface area contributed by atoms with Crippen LogP contribution >= 0.6 is 0 Å². The molecule has 2 aliphatic carbocycles. The van der Waals surface area contributed by atoms with Crippen LogP contribution in [0.15, 0.2) is 0 Å². The van der Waals surface area contributed by atoms with E-state index in [1.165, 1.54) is 4.90 Å². The Labute approximate surface area is 262 Å². The third kappa shape index (κ3) is 8.72. The SMILES string of the molecule is CC(C)(C)C(NC(=O)NC1(CS(=O)(=O)C(C)(C)C)CCCCC1)C(=O)N1CCCC1C(=O)NC(CC1CCC1)C(=O)C(N)=O. The number of Topliss-reactive ketones (excluding diaryl/α,β-unsaturated/α-hetero) is 1. The average Bonchev–Trinajstić information content (AvgIpc) is 3.36. The highest BCUT2D eigenvalue weighted by Gasteiger charge is 2.45. The van der Waals surface area contributed by atoms with Crippen molar-refractivity contribution in [3.63, 3.8) is 0 Å². The van der Waals surface area contributed by atoms with Crippen molar-refractivity contribution in [3.8, 4) is 0 Å². The van der Waals surface area contributed by atoms with Gasteiger partial charge in [-0.1, -0.05) is 59.3 Å². The number of sulfone groups is 1. The van der Waals surface area contributed by atoms with Gasteiger partial charge in [0.1, 0.15) is 12.1 Å². The summed E-state index contributed by atoms with van der Waals surface area (Å²) in [7, 11) is -3.55. The lowest BCUT2D eigenvalue weighted by Crippen LogP contribution is -2.63. The third-order valence-corrected chi connectivity index (χ3v) is 12.3. The number of ketones is 1. The minimum atomic E-state index is -3.55. The van der Waals surface area contributed by atoms with Gasteiger partial charge < -0.3 is 26.6 Å². The van der Waals surface area contributed by atoms with E-state index in [-0.39, 0.29) is 18.2 Å². The summed E-state index contributed by atoms with van der Waals surface area (Å²) in [5.41, 5.74) is 3.57. The van der Waals surface area contributed by atoms with Crippen LogP contribution in [-0.2, 0) is 29.0 Å². The van der Waals surface area contributed by atoms with Gasteiger partial charge in [0.2, 0.25) is 17.6 Å². The van der Waals surface area contributed by atoms with E-state index < -0.39 is 73.2 Å². The van der Waals surface area contributed by atoms with Crippen LogP contribution in [0.2, 0.25) is 0 Å². The number of carbonyl (C=O) groups excluding carboxylic acids is 5. The molecule has 0 aromatic heterocycles. The van der Waals surface area contributed by atoms with Crippen molar-refractivity contribution in [1.29, 1.82) is 0 Å². The summed E-state index contributed by atoms with van der Waals surface area (Å²) in [5.74, 6) is -2.89. The maximum Gasteiger partial charge on any atom is 0.315 e. The van der Waals surface area contributed by atoms with Crippen LogP contribution in [0.25, 0.3) is 0 Å². The highest BCUT2D eigenvalue weighted by molar-refractivity contribution is 7.92. The van der Waals surface area contributed by atoms with Crippen LogP contribution in [0, 0.1) is 11.3 Å². The second-order valence-electron chi connectivity index (χ2n) is 15.1. The second-order valence-corrected chi connectivity index (χ2v) is 17.9. The van der Waals surface area contributed by atoms with E-state index in [4.69, 9.17) is 5.73 Å². The van der Waals surface area contributed by atoms with E-state index in [0.29, 0.717) is 32.1 Å². The maximum atomic E-state index is 14.0. The molecule has 1 saturated heterocycles. The minimum absolute atomic E-state index is 0.189. The van der Waals surface area contributed by atoms with Gasteiger partial charge in [0.05, 0.1) is 22.1 Å². The molecule has 3 fully saturated rings. The van der Waals surface area contributed by atoms with Crippen molar-refractivity contribution in [2.75, 3.05) is 12.3 Å². The van der Waals surface area contributed by atoms with E-state index in [1.54, 1.807) is 20.8 Å². The smallest absolute Gasteiger partial charge is 0.315 e. The normalized spacial score (nSPS) is 22.3. The molecule has 13 heteroatoms. The molecule has 3 rings (SSSR count). The molecule has 0 aromatic rings. The Morgan fingerprint density at radius 1 is 0.886 bits per heavy atom. The fourth-order valence-corrected chi connectivity index (χ4v) is 7.89. The van der Waals surface area contributed by atoms with Crippen molar-refractivity contribution in [2.45, 2.75) is 141 Å². The molecule has 0 radical (unpaired) electrons. The van der Waals surface area contributed by atoms with Crippen molar-refractivity contribution < 1.29 is 32.4 Å². The van der Waals surface area contributed by atoms with Crippen LogP contribution in [-0.4, -0.2) is 83.6 Å². The van der Waals surface area contributed by atoms with Gasteiger partial charge in [0, 0.05) is 6.54 Å². The first-order chi connectivity index (χ1) is 20.3. The Hall–Kier alpha value is -2.70. The van der Waals surface area contributed by atoms with E-state index in [1.807, 2.05) is 20.8 Å². The zero-order chi connectivity index (χ0) is 33.1. The largest absolute Gasteiger partial charge is 0.363 e. The molecule has 44 heavy (non-hydrogen) atoms. The summed E-state index contributed by atoms with van der Waals surface area (Å²) in [5, 5.41) is 8.48. The summed E-state index contributed by atoms with van der Waals surface area (Å²) in [6, 6.07) is -3.56. The molecule has 1 heterocycles. The number of likely N-dealkylation sites (tertiary alicyclic amines) is 1. The highest BCUT2D eigenvalue weighted by atomic mass is 32.2. The number of rotatable bonds is 11. The Balaban J connectivity index is 1.76. The Kier molecular flexibility index (Phi) is 11.2. The van der Waals surface area contributed by atoms with Gasteiger partial charge in [-0.25, -0.2) is 13.2 Å². The quantitative estimate of drug-likeness (QED) is 0.250. The summed E-state index contributed by atoms with van der Waals surface area (Å²) in [6.07, 6.45) is 7.67. The number of hydrogen-bond acceptors (Lipinski definition) is 7. The summed E-state index contributed by atoms with van der Waals surface area (Å²) >= 11 is 0. The molecule has 0 bridgehead atoms. The van der Waals surface area contributed by atoms with Crippen molar-refractivity contribution in [3.05, 3.63) is 0 Å². The monoisotopic (exact) mass is 639 g/mol. The van der Waals surface area contributed by atoms with Gasteiger partial charge in [0.15, 0.2) is 9.84 Å². The first kappa shape index (κ1) is 35.8. The molecule has 3 aliphatic rings. The number of amides is 5. The van der Waals surface area contributed by atoms with Gasteiger partial charge in [-0.05, 0) is 64.2 Å². The Morgan fingerprint density at radius 2 is 1.50 bits per heavy atom. The second kappa shape index (κ2) is 13.7. The van der Waals surface area contributed by atoms with Gasteiger partial charge in [-0.15, -0.1) is 0 Å². The third-order valence-electron chi connectivity index (χ3n) is 9.49. The summed E-state index contributed by atoms with van der Waals surface area (Å²) in [4.78, 5) is 66.6. The molecule has 3 atom stereocenters. The predicted octanol–water partition coefficient (Wildman–Crippen LogP) is 2.34. The molecule has 0 aromatic carbocycles. The fraction of sp³-hybridized carbons (Fsp3) is 0.839. The number of urea groups is 1. The number of nitrogens with zero attached hydrogens (tertiary/aromatic N) is 1. The number of nitrogens with two attached hydrogens (primary N) is 1. The van der Waals surface area contributed by atoms with Crippen LogP contribution in [0.1, 0.15) is 112 Å². The van der Waals surface area contributed by atoms with E-state index in [2.05, 4.69) is 16.0 Å². The van der Waals surface area contributed by atoms with Crippen LogP contribution < -0.4 is 21.7 Å². The molecular formula is C31H53N5O7S. The van der Waals surface area contributed by atoms with Crippen molar-refractivity contribution >= 4 is 39.4 Å². The Bertz CT molecular complexity index is 1210. The molecule has 5 amide bonds. The topological polar surface area (TPSA) is 185 Å². The molecule has 12 nitrogen and oxygen atoms in total. The van der Waals surface area contributed by atoms with Gasteiger partial charge in [-0.2, -0.15) is 0 Å². The Morgan fingerprint density at radius 3 is 2.00 bits per heavy atom. The van der Waals surface area contributed by atoms with Crippen molar-refractivity contribution in [2.24, 2.45) is 17.1 Å². The lowest BCUT2D eigenvalue weighted by atomic mass is 9.80. The molecule has 1 aliphatic heterocycles. The molecule has 250 valence electrons. The lowest BCUT2D eigenvalue weighted by Gasteiger charge is -2.41. The van der Waals surface area contributed by atoms with Gasteiger partial charge in [0.25, 0.3) is 5.91 Å². The van der Waals surface area contributed by atoms with E-state index in [0.717, 1.165) is 38.5 Å². The lowest BCUT2D eigenvalue weighted by molar-refractivity contribution is -0.143. The van der Waals surface area contributed by atoms with Crippen molar-refractivity contribution in [1.82, 2.24) is 20.9 Å². The van der Waals surface area contributed by atoms with E-state index >= 15 is 0 Å².